The molecule has 1 N–H and O–H groups in total. The fraction of sp³-hybridized carbons (Fsp3) is 0.577. The van der Waals surface area contributed by atoms with Crippen LogP contribution in [0.4, 0.5) is 8.78 Å². The number of aromatic nitrogens is 2. The lowest BCUT2D eigenvalue weighted by Gasteiger charge is -2.32. The predicted octanol–water partition coefficient (Wildman–Crippen LogP) is 5.83. The SMILES string of the molecule is Cc1nc2cc(C(=O)N[C@H]3CC[C@H](CCN4CCc5sc(OCC(C)(F)F)nc5C4)CC3)ccc2s1. The zero-order chi connectivity index (χ0) is 25.3. The number of halogens is 2. The highest BCUT2D eigenvalue weighted by Crippen LogP contribution is 2.32. The topological polar surface area (TPSA) is 67.4 Å². The maximum atomic E-state index is 13.1. The van der Waals surface area contributed by atoms with Gasteiger partial charge in [0.2, 0.25) is 0 Å². The average Bonchev–Trinajstić information content (AvgIpc) is 3.42. The molecule has 5 rings (SSSR count). The Bertz CT molecular complexity index is 1210. The number of benzene rings is 1. The number of alkyl halides is 2. The first-order valence-electron chi connectivity index (χ1n) is 12.6. The second-order valence-electron chi connectivity index (χ2n) is 10.1. The third-order valence-electron chi connectivity index (χ3n) is 7.03. The van der Waals surface area contributed by atoms with Crippen LogP contribution in [-0.2, 0) is 13.0 Å². The number of aryl methyl sites for hydroxylation is 1. The highest BCUT2D eigenvalue weighted by Gasteiger charge is 2.27. The second-order valence-corrected chi connectivity index (χ2v) is 12.4. The largest absolute Gasteiger partial charge is 0.464 e. The molecule has 0 radical (unpaired) electrons. The van der Waals surface area contributed by atoms with Crippen molar-refractivity contribution < 1.29 is 18.3 Å². The molecule has 0 saturated heterocycles. The lowest BCUT2D eigenvalue weighted by atomic mass is 9.84. The number of amides is 1. The number of rotatable bonds is 8. The molecular formula is C26H32F2N4O2S2. The molecule has 10 heteroatoms. The number of carbonyl (C=O) groups excluding carboxylic acids is 1. The monoisotopic (exact) mass is 534 g/mol. The van der Waals surface area contributed by atoms with E-state index in [4.69, 9.17) is 4.74 Å². The van der Waals surface area contributed by atoms with Crippen LogP contribution in [0.15, 0.2) is 18.2 Å². The first kappa shape index (κ1) is 25.5. The third kappa shape index (κ3) is 6.39. The molecule has 2 aromatic heterocycles. The molecule has 1 fully saturated rings. The van der Waals surface area contributed by atoms with Crippen molar-refractivity contribution in [2.45, 2.75) is 70.9 Å². The van der Waals surface area contributed by atoms with Crippen LogP contribution in [-0.4, -0.2) is 52.4 Å². The van der Waals surface area contributed by atoms with Gasteiger partial charge in [-0.25, -0.2) is 18.7 Å². The Kier molecular flexibility index (Phi) is 7.55. The first-order chi connectivity index (χ1) is 17.2. The van der Waals surface area contributed by atoms with Gasteiger partial charge in [-0.05, 0) is 76.1 Å². The molecule has 0 spiro atoms. The summed E-state index contributed by atoms with van der Waals surface area (Å²) in [5.74, 6) is -2.20. The van der Waals surface area contributed by atoms with Gasteiger partial charge in [-0.2, -0.15) is 0 Å². The van der Waals surface area contributed by atoms with Gasteiger partial charge in [-0.1, -0.05) is 11.3 Å². The fourth-order valence-corrected chi connectivity index (χ4v) is 6.80. The van der Waals surface area contributed by atoms with Crippen LogP contribution < -0.4 is 10.1 Å². The summed E-state index contributed by atoms with van der Waals surface area (Å²) in [6, 6.07) is 5.99. The number of fused-ring (bicyclic) bond motifs is 2. The van der Waals surface area contributed by atoms with Gasteiger partial charge < -0.3 is 10.1 Å². The molecule has 6 nitrogen and oxygen atoms in total. The summed E-state index contributed by atoms with van der Waals surface area (Å²) >= 11 is 3.04. The highest BCUT2D eigenvalue weighted by atomic mass is 32.1. The summed E-state index contributed by atoms with van der Waals surface area (Å²) in [5, 5.41) is 4.59. The van der Waals surface area contributed by atoms with Gasteiger partial charge >= 0.3 is 0 Å². The van der Waals surface area contributed by atoms with E-state index in [-0.39, 0.29) is 11.9 Å². The Hall–Kier alpha value is -2.17. The number of hydrogen-bond acceptors (Lipinski definition) is 7. The molecule has 0 bridgehead atoms. The summed E-state index contributed by atoms with van der Waals surface area (Å²) < 4.78 is 32.5. The molecule has 3 heterocycles. The molecule has 0 unspecified atom stereocenters. The van der Waals surface area contributed by atoms with Crippen molar-refractivity contribution in [3.05, 3.63) is 39.3 Å². The van der Waals surface area contributed by atoms with Gasteiger partial charge in [-0.3, -0.25) is 9.69 Å². The summed E-state index contributed by atoms with van der Waals surface area (Å²) in [6.07, 6.45) is 6.28. The summed E-state index contributed by atoms with van der Waals surface area (Å²) in [4.78, 5) is 25.3. The molecule has 1 aromatic carbocycles. The highest BCUT2D eigenvalue weighted by molar-refractivity contribution is 7.18. The zero-order valence-corrected chi connectivity index (χ0v) is 22.3. The normalized spacial score (nSPS) is 20.9. The predicted molar refractivity (Wildman–Crippen MR) is 139 cm³/mol. The maximum absolute atomic E-state index is 13.1. The smallest absolute Gasteiger partial charge is 0.278 e. The zero-order valence-electron chi connectivity index (χ0n) is 20.7. The molecule has 3 aromatic rings. The number of nitrogens with one attached hydrogen (secondary N) is 1. The Balaban J connectivity index is 1.04. The van der Waals surface area contributed by atoms with E-state index >= 15 is 0 Å². The number of ether oxygens (including phenoxy) is 1. The Labute approximate surface area is 218 Å². The molecule has 1 aliphatic carbocycles. The van der Waals surface area contributed by atoms with Gasteiger partial charge in [-0.15, -0.1) is 11.3 Å². The number of hydrogen-bond donors (Lipinski definition) is 1. The van der Waals surface area contributed by atoms with Crippen LogP contribution in [0.1, 0.15) is 65.0 Å². The van der Waals surface area contributed by atoms with Crippen molar-refractivity contribution in [3.8, 4) is 5.19 Å². The number of thiazole rings is 2. The quantitative estimate of drug-likeness (QED) is 0.394. The maximum Gasteiger partial charge on any atom is 0.278 e. The van der Waals surface area contributed by atoms with E-state index in [1.807, 2.05) is 25.1 Å². The van der Waals surface area contributed by atoms with Crippen LogP contribution in [0.2, 0.25) is 0 Å². The van der Waals surface area contributed by atoms with Gasteiger partial charge in [0, 0.05) is 36.5 Å². The molecule has 0 atom stereocenters. The van der Waals surface area contributed by atoms with E-state index in [0.717, 1.165) is 90.9 Å². The average molecular weight is 535 g/mol. The van der Waals surface area contributed by atoms with E-state index in [0.29, 0.717) is 16.7 Å². The van der Waals surface area contributed by atoms with Crippen LogP contribution in [0.5, 0.6) is 5.19 Å². The molecule has 36 heavy (non-hydrogen) atoms. The van der Waals surface area contributed by atoms with Gasteiger partial charge in [0.15, 0.2) is 6.61 Å². The van der Waals surface area contributed by atoms with Crippen LogP contribution >= 0.6 is 22.7 Å². The minimum Gasteiger partial charge on any atom is -0.464 e. The summed E-state index contributed by atoms with van der Waals surface area (Å²) in [5.41, 5.74) is 2.54. The molecule has 194 valence electrons. The summed E-state index contributed by atoms with van der Waals surface area (Å²) in [6.45, 7) is 4.93. The summed E-state index contributed by atoms with van der Waals surface area (Å²) in [7, 11) is 0. The van der Waals surface area contributed by atoms with Gasteiger partial charge in [0.25, 0.3) is 17.0 Å². The molecule has 1 aliphatic heterocycles. The number of carbonyl (C=O) groups is 1. The minimum absolute atomic E-state index is 0.00982. The standard InChI is InChI=1S/C26H32F2N4O2S2/c1-16-29-20-13-18(5-8-22(20)35-16)24(33)30-19-6-3-17(4-7-19)9-11-32-12-10-23-21(14-32)31-25(36-23)34-15-26(2,27)28/h5,8,13,17,19H,3-4,6-7,9-12,14-15H2,1-2H3,(H,30,33)/t17-,19-. The van der Waals surface area contributed by atoms with Gasteiger partial charge in [0.1, 0.15) is 0 Å². The van der Waals surface area contributed by atoms with Crippen molar-refractivity contribution in [2.75, 3.05) is 19.7 Å². The van der Waals surface area contributed by atoms with E-state index < -0.39 is 12.5 Å². The fourth-order valence-electron chi connectivity index (χ4n) is 5.08. The molecular weight excluding hydrogens is 502 g/mol. The minimum atomic E-state index is -2.85. The lowest BCUT2D eigenvalue weighted by molar-refractivity contribution is -0.0230. The Morgan fingerprint density at radius 3 is 2.81 bits per heavy atom. The molecule has 2 aliphatic rings. The van der Waals surface area contributed by atoms with Gasteiger partial charge in [0.05, 0.1) is 20.9 Å². The van der Waals surface area contributed by atoms with E-state index in [2.05, 4.69) is 20.2 Å². The van der Waals surface area contributed by atoms with Crippen LogP contribution in [0.25, 0.3) is 10.2 Å². The Morgan fingerprint density at radius 2 is 2.03 bits per heavy atom. The third-order valence-corrected chi connectivity index (χ3v) is 9.05. The number of nitrogens with zero attached hydrogens (tertiary/aromatic N) is 3. The Morgan fingerprint density at radius 1 is 1.22 bits per heavy atom. The van der Waals surface area contributed by atoms with Crippen LogP contribution in [0.3, 0.4) is 0 Å². The molecule has 1 amide bonds. The van der Waals surface area contributed by atoms with E-state index in [1.165, 1.54) is 11.3 Å². The lowest BCUT2D eigenvalue weighted by Crippen LogP contribution is -2.38. The van der Waals surface area contributed by atoms with Crippen molar-refractivity contribution in [3.63, 3.8) is 0 Å². The van der Waals surface area contributed by atoms with Crippen LogP contribution in [0, 0.1) is 12.8 Å². The van der Waals surface area contributed by atoms with Crippen molar-refractivity contribution >= 4 is 38.8 Å². The van der Waals surface area contributed by atoms with Crippen molar-refractivity contribution in [1.29, 1.82) is 0 Å². The van der Waals surface area contributed by atoms with Crippen molar-refractivity contribution in [2.24, 2.45) is 5.92 Å². The first-order valence-corrected chi connectivity index (χ1v) is 14.2. The van der Waals surface area contributed by atoms with E-state index in [1.54, 1.807) is 11.3 Å². The molecule has 1 saturated carbocycles. The van der Waals surface area contributed by atoms with E-state index in [9.17, 15) is 13.6 Å². The van der Waals surface area contributed by atoms with Crippen molar-refractivity contribution in [1.82, 2.24) is 20.2 Å². The second kappa shape index (κ2) is 10.7.